The van der Waals surface area contributed by atoms with Gasteiger partial charge in [0.25, 0.3) is 0 Å². The number of rotatable bonds is 5. The number of sulfone groups is 1. The first-order chi connectivity index (χ1) is 11.9. The molecule has 1 atom stereocenters. The van der Waals surface area contributed by atoms with E-state index < -0.39 is 9.84 Å². The number of benzene rings is 1. The van der Waals surface area contributed by atoms with Gasteiger partial charge in [-0.2, -0.15) is 0 Å². The molecule has 25 heavy (non-hydrogen) atoms. The van der Waals surface area contributed by atoms with Crippen LogP contribution in [-0.4, -0.2) is 54.1 Å². The Hall–Kier alpha value is -1.60. The number of aryl methyl sites for hydroxylation is 1. The van der Waals surface area contributed by atoms with Gasteiger partial charge in [-0.05, 0) is 38.0 Å². The van der Waals surface area contributed by atoms with Gasteiger partial charge in [-0.3, -0.25) is 4.79 Å². The van der Waals surface area contributed by atoms with Crippen molar-refractivity contribution in [3.05, 3.63) is 35.9 Å². The fourth-order valence-corrected chi connectivity index (χ4v) is 5.86. The van der Waals surface area contributed by atoms with Crippen LogP contribution in [0.1, 0.15) is 18.9 Å². The number of hydrogen-bond donors (Lipinski definition) is 0. The van der Waals surface area contributed by atoms with E-state index in [0.717, 1.165) is 21.5 Å². The van der Waals surface area contributed by atoms with Crippen molar-refractivity contribution in [3.8, 4) is 0 Å². The predicted molar refractivity (Wildman–Crippen MR) is 102 cm³/mol. The summed E-state index contributed by atoms with van der Waals surface area (Å²) in [6.07, 6.45) is 0.542. The Kier molecular flexibility index (Phi) is 5.34. The number of thioether (sulfide) groups is 1. The van der Waals surface area contributed by atoms with Crippen molar-refractivity contribution in [3.63, 3.8) is 0 Å². The molecule has 7 heteroatoms. The topological polar surface area (TPSA) is 67.3 Å². The van der Waals surface area contributed by atoms with Crippen molar-refractivity contribution >= 4 is 38.4 Å². The van der Waals surface area contributed by atoms with Gasteiger partial charge < -0.3 is 4.90 Å². The SMILES string of the molecule is CCN(C(=O)CSc1cc(C)c2ccccc2n1)[C@H]1CCS(=O)(=O)C1. The van der Waals surface area contributed by atoms with Crippen molar-refractivity contribution in [2.45, 2.75) is 31.3 Å². The van der Waals surface area contributed by atoms with Crippen molar-refractivity contribution in [2.24, 2.45) is 0 Å². The Morgan fingerprint density at radius 3 is 2.80 bits per heavy atom. The highest BCUT2D eigenvalue weighted by Gasteiger charge is 2.33. The summed E-state index contributed by atoms with van der Waals surface area (Å²) >= 11 is 1.41. The van der Waals surface area contributed by atoms with Gasteiger partial charge in [-0.25, -0.2) is 13.4 Å². The second-order valence-electron chi connectivity index (χ2n) is 6.32. The zero-order valence-electron chi connectivity index (χ0n) is 14.4. The number of carbonyl (C=O) groups is 1. The highest BCUT2D eigenvalue weighted by atomic mass is 32.2. The van der Waals surface area contributed by atoms with E-state index in [1.165, 1.54) is 11.8 Å². The Morgan fingerprint density at radius 2 is 2.12 bits per heavy atom. The maximum Gasteiger partial charge on any atom is 0.233 e. The molecule has 0 N–H and O–H groups in total. The molecule has 5 nitrogen and oxygen atoms in total. The Morgan fingerprint density at radius 1 is 1.36 bits per heavy atom. The summed E-state index contributed by atoms with van der Waals surface area (Å²) in [7, 11) is -2.99. The molecular formula is C18H22N2O3S2. The first-order valence-corrected chi connectivity index (χ1v) is 11.2. The van der Waals surface area contributed by atoms with Crippen LogP contribution in [0.4, 0.5) is 0 Å². The molecular weight excluding hydrogens is 356 g/mol. The zero-order valence-corrected chi connectivity index (χ0v) is 16.1. The Labute approximate surface area is 152 Å². The maximum absolute atomic E-state index is 12.6. The number of para-hydroxylation sites is 1. The lowest BCUT2D eigenvalue weighted by Gasteiger charge is -2.26. The summed E-state index contributed by atoms with van der Waals surface area (Å²) in [5.74, 6) is 0.516. The summed E-state index contributed by atoms with van der Waals surface area (Å²) in [6.45, 7) is 4.47. The molecule has 2 heterocycles. The molecule has 1 amide bonds. The van der Waals surface area contributed by atoms with E-state index in [1.54, 1.807) is 4.90 Å². The summed E-state index contributed by atoms with van der Waals surface area (Å²) in [4.78, 5) is 18.9. The van der Waals surface area contributed by atoms with Crippen LogP contribution in [0.5, 0.6) is 0 Å². The maximum atomic E-state index is 12.6. The fourth-order valence-electron chi connectivity index (χ4n) is 3.27. The average molecular weight is 379 g/mol. The van der Waals surface area contributed by atoms with Gasteiger partial charge in [0.05, 0.1) is 27.8 Å². The number of hydrogen-bond acceptors (Lipinski definition) is 5. The molecule has 1 fully saturated rings. The highest BCUT2D eigenvalue weighted by Crippen LogP contribution is 2.25. The summed E-state index contributed by atoms with van der Waals surface area (Å²) in [5.41, 5.74) is 2.06. The molecule has 0 aliphatic carbocycles. The third-order valence-corrected chi connectivity index (χ3v) is 7.20. The summed E-state index contributed by atoms with van der Waals surface area (Å²) < 4.78 is 23.3. The second kappa shape index (κ2) is 7.33. The van der Waals surface area contributed by atoms with Crippen LogP contribution in [0.3, 0.4) is 0 Å². The van der Waals surface area contributed by atoms with Crippen molar-refractivity contribution in [1.29, 1.82) is 0 Å². The van der Waals surface area contributed by atoms with Crippen LogP contribution in [-0.2, 0) is 14.6 Å². The van der Waals surface area contributed by atoms with E-state index in [2.05, 4.69) is 4.98 Å². The van der Waals surface area contributed by atoms with Gasteiger partial charge in [0, 0.05) is 18.0 Å². The van der Waals surface area contributed by atoms with Crippen LogP contribution in [0.2, 0.25) is 0 Å². The van der Waals surface area contributed by atoms with Crippen LogP contribution in [0.15, 0.2) is 35.4 Å². The van der Waals surface area contributed by atoms with E-state index in [0.29, 0.717) is 13.0 Å². The molecule has 134 valence electrons. The van der Waals surface area contributed by atoms with Crippen LogP contribution >= 0.6 is 11.8 Å². The lowest BCUT2D eigenvalue weighted by molar-refractivity contribution is -0.129. The lowest BCUT2D eigenvalue weighted by atomic mass is 10.1. The van der Waals surface area contributed by atoms with Gasteiger partial charge in [-0.15, -0.1) is 0 Å². The van der Waals surface area contributed by atoms with Gasteiger partial charge >= 0.3 is 0 Å². The zero-order chi connectivity index (χ0) is 18.0. The molecule has 0 unspecified atom stereocenters. The number of nitrogens with zero attached hydrogens (tertiary/aromatic N) is 2. The predicted octanol–water partition coefficient (Wildman–Crippen LogP) is 2.67. The molecule has 1 aromatic carbocycles. The Balaban J connectivity index is 1.69. The third-order valence-electron chi connectivity index (χ3n) is 4.55. The average Bonchev–Trinajstić information content (AvgIpc) is 2.93. The molecule has 0 radical (unpaired) electrons. The molecule has 2 aromatic rings. The molecule has 1 aliphatic rings. The number of carbonyl (C=O) groups excluding carboxylic acids is 1. The lowest BCUT2D eigenvalue weighted by Crippen LogP contribution is -2.41. The standard InChI is InChI=1S/C18H22N2O3S2/c1-3-20(14-8-9-25(22,23)12-14)18(21)11-24-17-10-13(2)15-6-4-5-7-16(15)19-17/h4-7,10,14H,3,8-9,11-12H2,1-2H3/t14-/m0/s1. The van der Waals surface area contributed by atoms with E-state index >= 15 is 0 Å². The van der Waals surface area contributed by atoms with Gasteiger partial charge in [0.15, 0.2) is 9.84 Å². The minimum Gasteiger partial charge on any atom is -0.338 e. The third kappa shape index (κ3) is 4.15. The molecule has 1 saturated heterocycles. The smallest absolute Gasteiger partial charge is 0.233 e. The van der Waals surface area contributed by atoms with Gasteiger partial charge in [0.2, 0.25) is 5.91 Å². The van der Waals surface area contributed by atoms with Crippen LogP contribution < -0.4 is 0 Å². The Bertz CT molecular complexity index is 896. The van der Waals surface area contributed by atoms with E-state index in [1.807, 2.05) is 44.2 Å². The number of fused-ring (bicyclic) bond motifs is 1. The highest BCUT2D eigenvalue weighted by molar-refractivity contribution is 7.99. The van der Waals surface area contributed by atoms with Gasteiger partial charge in [0.1, 0.15) is 0 Å². The monoisotopic (exact) mass is 378 g/mol. The first kappa shape index (κ1) is 18.2. The van der Waals surface area contributed by atoms with Crippen molar-refractivity contribution in [1.82, 2.24) is 9.88 Å². The molecule has 0 saturated carbocycles. The minimum atomic E-state index is -2.99. The fraction of sp³-hybridized carbons (Fsp3) is 0.444. The number of pyridine rings is 1. The quantitative estimate of drug-likeness (QED) is 0.749. The largest absolute Gasteiger partial charge is 0.338 e. The van der Waals surface area contributed by atoms with E-state index in [4.69, 9.17) is 0 Å². The molecule has 0 spiro atoms. The van der Waals surface area contributed by atoms with Gasteiger partial charge in [-0.1, -0.05) is 30.0 Å². The van der Waals surface area contributed by atoms with Crippen molar-refractivity contribution in [2.75, 3.05) is 23.8 Å². The molecule has 0 bridgehead atoms. The minimum absolute atomic E-state index is 0.0257. The first-order valence-electron chi connectivity index (χ1n) is 8.38. The number of amides is 1. The molecule has 3 rings (SSSR count). The molecule has 1 aromatic heterocycles. The van der Waals surface area contributed by atoms with E-state index in [9.17, 15) is 13.2 Å². The van der Waals surface area contributed by atoms with Crippen LogP contribution in [0.25, 0.3) is 10.9 Å². The summed E-state index contributed by atoms with van der Waals surface area (Å²) in [5, 5.41) is 1.93. The van der Waals surface area contributed by atoms with Crippen molar-refractivity contribution < 1.29 is 13.2 Å². The normalized spacial score (nSPS) is 19.2. The second-order valence-corrected chi connectivity index (χ2v) is 9.54. The molecule has 1 aliphatic heterocycles. The number of aromatic nitrogens is 1. The van der Waals surface area contributed by atoms with E-state index in [-0.39, 0.29) is 29.2 Å². The summed E-state index contributed by atoms with van der Waals surface area (Å²) in [6, 6.07) is 9.76. The van der Waals surface area contributed by atoms with Crippen LogP contribution in [0, 0.1) is 6.92 Å².